The molecule has 0 bridgehead atoms. The van der Waals surface area contributed by atoms with E-state index >= 15 is 0 Å². The van der Waals surface area contributed by atoms with Gasteiger partial charge >= 0.3 is 30.4 Å². The van der Waals surface area contributed by atoms with Crippen molar-refractivity contribution in [2.45, 2.75) is 55.1 Å². The van der Waals surface area contributed by atoms with E-state index in [0.29, 0.717) is 0 Å². The minimum atomic E-state index is -6.41. The molecule has 1 saturated heterocycles. The zero-order chi connectivity index (χ0) is 23.7. The Kier molecular flexibility index (Phi) is 7.98. The Morgan fingerprint density at radius 1 is 0.833 bits per heavy atom. The fourth-order valence-corrected chi connectivity index (χ4v) is 1.92. The highest BCUT2D eigenvalue weighted by atomic mass is 19.3. The third kappa shape index (κ3) is 6.30. The first-order chi connectivity index (χ1) is 13.4. The third-order valence-corrected chi connectivity index (χ3v) is 3.31. The molecule has 5 N–H and O–H groups in total. The van der Waals surface area contributed by atoms with Crippen LogP contribution in [-0.4, -0.2) is 99.9 Å². The van der Waals surface area contributed by atoms with E-state index in [1.165, 1.54) is 0 Å². The number of alkyl halides is 8. The maximum absolute atomic E-state index is 13.5. The molecule has 18 heteroatoms. The summed E-state index contributed by atoms with van der Waals surface area (Å²) in [6, 6.07) is 0. The second kappa shape index (κ2) is 8.99. The first kappa shape index (κ1) is 26.6. The molecule has 30 heavy (non-hydrogen) atoms. The summed E-state index contributed by atoms with van der Waals surface area (Å²) in [5, 5.41) is 45.0. The summed E-state index contributed by atoms with van der Waals surface area (Å²) in [4.78, 5) is 10.8. The van der Waals surface area contributed by atoms with E-state index in [1.54, 1.807) is 0 Å². The van der Waals surface area contributed by atoms with Crippen LogP contribution in [0.25, 0.3) is 0 Å². The van der Waals surface area contributed by atoms with Crippen LogP contribution < -0.4 is 0 Å². The highest BCUT2D eigenvalue weighted by molar-refractivity contribution is 5.73. The highest BCUT2D eigenvalue weighted by Gasteiger charge is 2.67. The number of carboxylic acid groups (broad SMARTS) is 1. The summed E-state index contributed by atoms with van der Waals surface area (Å²) in [6.07, 6.45) is -35.3. The first-order valence-electron chi connectivity index (χ1n) is 7.42. The zero-order valence-electron chi connectivity index (χ0n) is 14.1. The Morgan fingerprint density at radius 3 is 1.73 bits per heavy atom. The largest absolute Gasteiger partial charge is 0.479 e. The van der Waals surface area contributed by atoms with Gasteiger partial charge in [-0.2, -0.15) is 35.1 Å². The fraction of sp³-hybridized carbons (Fsp3) is 0.917. The van der Waals surface area contributed by atoms with E-state index in [9.17, 15) is 55.2 Å². The summed E-state index contributed by atoms with van der Waals surface area (Å²) >= 11 is 0. The molecule has 0 aromatic heterocycles. The van der Waals surface area contributed by atoms with Gasteiger partial charge in [-0.05, 0) is 0 Å². The topological polar surface area (TPSA) is 155 Å². The summed E-state index contributed by atoms with van der Waals surface area (Å²) in [7, 11) is 0. The number of rotatable bonds is 10. The lowest BCUT2D eigenvalue weighted by Gasteiger charge is -2.39. The lowest BCUT2D eigenvalue weighted by atomic mass is 9.99. The van der Waals surface area contributed by atoms with Crippen LogP contribution in [0, 0.1) is 0 Å². The Balaban J connectivity index is 2.84. The van der Waals surface area contributed by atoms with E-state index in [4.69, 9.17) is 10.2 Å². The van der Waals surface area contributed by atoms with Gasteiger partial charge in [0.05, 0.1) is 0 Å². The number of aliphatic carboxylic acids is 1. The minimum Gasteiger partial charge on any atom is -0.479 e. The number of hydrogen-bond acceptors (Lipinski definition) is 9. The van der Waals surface area contributed by atoms with Crippen molar-refractivity contribution in [1.29, 1.82) is 0 Å². The highest BCUT2D eigenvalue weighted by Crippen LogP contribution is 2.43. The molecule has 0 saturated carbocycles. The molecular weight excluding hydrogens is 456 g/mol. The monoisotopic (exact) mass is 470 g/mol. The van der Waals surface area contributed by atoms with E-state index < -0.39 is 74.3 Å². The van der Waals surface area contributed by atoms with Crippen LogP contribution in [0.4, 0.5) is 35.1 Å². The van der Waals surface area contributed by atoms with E-state index in [2.05, 4.69) is 18.9 Å². The molecule has 0 aromatic carbocycles. The molecule has 0 unspecified atom stereocenters. The standard InChI is InChI=1S/C12H14F8O10/c13-9(14,1-21)29-11(17,18)12(19,20)30-10(15,16)2-27-8-5(24)3(22)4(23)6(28-8)7(25)26/h3-6,8,21-24H,1-2H2,(H,25,26)/t3-,4-,5+,6-,8+/m0/s1. The Bertz CT molecular complexity index is 606. The van der Waals surface area contributed by atoms with Crippen molar-refractivity contribution >= 4 is 5.97 Å². The van der Waals surface area contributed by atoms with Gasteiger partial charge in [-0.25, -0.2) is 14.3 Å². The lowest BCUT2D eigenvalue weighted by Crippen LogP contribution is -2.61. The molecule has 0 radical (unpaired) electrons. The Morgan fingerprint density at radius 2 is 1.30 bits per heavy atom. The number of aliphatic hydroxyl groups is 4. The van der Waals surface area contributed by atoms with Crippen molar-refractivity contribution < 1.29 is 84.4 Å². The van der Waals surface area contributed by atoms with Gasteiger partial charge in [-0.1, -0.05) is 0 Å². The van der Waals surface area contributed by atoms with Crippen molar-refractivity contribution in [2.24, 2.45) is 0 Å². The van der Waals surface area contributed by atoms with Gasteiger partial charge in [0.2, 0.25) is 0 Å². The van der Waals surface area contributed by atoms with Crippen molar-refractivity contribution in [3.63, 3.8) is 0 Å². The van der Waals surface area contributed by atoms with E-state index in [0.717, 1.165) is 0 Å². The van der Waals surface area contributed by atoms with Crippen LogP contribution in [0.15, 0.2) is 0 Å². The maximum Gasteiger partial charge on any atom is 0.453 e. The molecule has 1 heterocycles. The van der Waals surface area contributed by atoms with Crippen LogP contribution in [0.1, 0.15) is 0 Å². The second-order valence-corrected chi connectivity index (χ2v) is 5.72. The number of halogens is 8. The van der Waals surface area contributed by atoms with Gasteiger partial charge < -0.3 is 35.0 Å². The van der Waals surface area contributed by atoms with Gasteiger partial charge in [0.15, 0.2) is 12.4 Å². The normalized spacial score (nSPS) is 29.1. The molecule has 0 aromatic rings. The molecule has 10 nitrogen and oxygen atoms in total. The second-order valence-electron chi connectivity index (χ2n) is 5.72. The summed E-state index contributed by atoms with van der Waals surface area (Å²) in [6.45, 7) is -4.96. The molecule has 0 spiro atoms. The smallest absolute Gasteiger partial charge is 0.453 e. The summed E-state index contributed by atoms with van der Waals surface area (Å²) in [5.41, 5.74) is 0. The number of carboxylic acids is 1. The van der Waals surface area contributed by atoms with Gasteiger partial charge in [-0.3, -0.25) is 0 Å². The Labute approximate surface area is 160 Å². The lowest BCUT2D eigenvalue weighted by molar-refractivity contribution is -0.517. The van der Waals surface area contributed by atoms with Gasteiger partial charge in [0.25, 0.3) is 0 Å². The first-order valence-corrected chi connectivity index (χ1v) is 7.42. The van der Waals surface area contributed by atoms with Crippen LogP contribution in [0.3, 0.4) is 0 Å². The quantitative estimate of drug-likeness (QED) is 0.259. The molecule has 0 aliphatic carbocycles. The molecule has 1 fully saturated rings. The molecular formula is C12H14F8O10. The van der Waals surface area contributed by atoms with Crippen molar-refractivity contribution in [3.05, 3.63) is 0 Å². The number of ether oxygens (including phenoxy) is 4. The molecule has 0 amide bonds. The molecule has 1 aliphatic rings. The van der Waals surface area contributed by atoms with Crippen LogP contribution in [0.2, 0.25) is 0 Å². The SMILES string of the molecule is O=C(O)[C@H]1O[C@@H](OCC(F)(F)OC(F)(F)C(F)(F)OC(F)(F)CO)[C@H](O)[C@@H](O)[C@@H]1O. The summed E-state index contributed by atoms with van der Waals surface area (Å²) < 4.78 is 118. The number of hydrogen-bond donors (Lipinski definition) is 5. The summed E-state index contributed by atoms with van der Waals surface area (Å²) in [5.74, 6) is -1.96. The van der Waals surface area contributed by atoms with Crippen molar-refractivity contribution in [2.75, 3.05) is 13.2 Å². The van der Waals surface area contributed by atoms with Crippen LogP contribution in [-0.2, 0) is 23.7 Å². The fourth-order valence-electron chi connectivity index (χ4n) is 1.92. The predicted octanol–water partition coefficient (Wildman–Crippen LogP) is -0.708. The average molecular weight is 470 g/mol. The number of carbonyl (C=O) groups is 1. The van der Waals surface area contributed by atoms with E-state index in [1.807, 2.05) is 0 Å². The van der Waals surface area contributed by atoms with Crippen LogP contribution in [0.5, 0.6) is 0 Å². The molecule has 178 valence electrons. The van der Waals surface area contributed by atoms with Crippen LogP contribution >= 0.6 is 0 Å². The predicted molar refractivity (Wildman–Crippen MR) is 69.3 cm³/mol. The van der Waals surface area contributed by atoms with Gasteiger partial charge in [0, 0.05) is 0 Å². The number of aliphatic hydroxyl groups excluding tert-OH is 4. The minimum absolute atomic E-state index is 1.96. The van der Waals surface area contributed by atoms with Crippen molar-refractivity contribution in [1.82, 2.24) is 0 Å². The van der Waals surface area contributed by atoms with Gasteiger partial charge in [-0.15, -0.1) is 0 Å². The van der Waals surface area contributed by atoms with E-state index in [-0.39, 0.29) is 0 Å². The zero-order valence-corrected chi connectivity index (χ0v) is 14.1. The maximum atomic E-state index is 13.5. The van der Waals surface area contributed by atoms with Gasteiger partial charge in [0.1, 0.15) is 31.5 Å². The average Bonchev–Trinajstić information content (AvgIpc) is 2.56. The molecule has 5 atom stereocenters. The molecule has 1 aliphatic heterocycles. The third-order valence-electron chi connectivity index (χ3n) is 3.31. The van der Waals surface area contributed by atoms with Crippen molar-refractivity contribution in [3.8, 4) is 0 Å². The Hall–Kier alpha value is -1.41. The molecule has 1 rings (SSSR count).